The average molecular weight is 340 g/mol. The Hall–Kier alpha value is -0.840. The highest BCUT2D eigenvalue weighted by Crippen LogP contribution is 2.30. The van der Waals surface area contributed by atoms with Gasteiger partial charge in [-0.1, -0.05) is 22.9 Å². The molecule has 1 unspecified atom stereocenters. The maximum absolute atomic E-state index is 6.36. The number of aryl methyl sites for hydroxylation is 1. The van der Waals surface area contributed by atoms with Gasteiger partial charge in [0.1, 0.15) is 5.75 Å². The Morgan fingerprint density at radius 1 is 1.32 bits per heavy atom. The second-order valence-corrected chi connectivity index (χ2v) is 6.23. The molecule has 1 heterocycles. The Balaban J connectivity index is 2.21. The minimum atomic E-state index is 0.0401. The molecule has 2 aromatic rings. The summed E-state index contributed by atoms with van der Waals surface area (Å²) >= 11 is 5.33. The molecule has 0 amide bonds. The molecule has 0 aliphatic rings. The Kier molecular flexibility index (Phi) is 5.02. The first-order chi connectivity index (χ1) is 9.15. The maximum atomic E-state index is 6.36. The molecule has 2 rings (SSSR count). The normalized spacial score (nSPS) is 12.4. The van der Waals surface area contributed by atoms with Crippen LogP contribution in [-0.4, -0.2) is 7.11 Å². The Morgan fingerprint density at radius 3 is 2.79 bits per heavy atom. The predicted molar refractivity (Wildman–Crippen MR) is 85.0 cm³/mol. The molecule has 0 aliphatic heterocycles. The zero-order chi connectivity index (χ0) is 13.8. The highest BCUT2D eigenvalue weighted by atomic mass is 79.9. The highest BCUT2D eigenvalue weighted by Gasteiger charge is 2.14. The van der Waals surface area contributed by atoms with Gasteiger partial charge in [-0.3, -0.25) is 0 Å². The van der Waals surface area contributed by atoms with Crippen LogP contribution in [0.15, 0.2) is 34.1 Å². The van der Waals surface area contributed by atoms with Gasteiger partial charge in [0.25, 0.3) is 0 Å². The van der Waals surface area contributed by atoms with Crippen molar-refractivity contribution in [2.45, 2.75) is 25.8 Å². The summed E-state index contributed by atoms with van der Waals surface area (Å²) in [7, 11) is 1.68. The van der Waals surface area contributed by atoms with E-state index in [1.807, 2.05) is 18.2 Å². The lowest BCUT2D eigenvalue weighted by atomic mass is 10.0. The van der Waals surface area contributed by atoms with Crippen LogP contribution in [0.3, 0.4) is 0 Å². The fraction of sp³-hybridized carbons (Fsp3) is 0.333. The fourth-order valence-corrected chi connectivity index (χ4v) is 3.54. The van der Waals surface area contributed by atoms with E-state index < -0.39 is 0 Å². The molecule has 1 atom stereocenters. The summed E-state index contributed by atoms with van der Waals surface area (Å²) in [5, 5.41) is 2.12. The first-order valence-corrected chi connectivity index (χ1v) is 7.97. The molecule has 0 saturated heterocycles. The summed E-state index contributed by atoms with van der Waals surface area (Å²) < 4.78 is 6.35. The van der Waals surface area contributed by atoms with Gasteiger partial charge in [0.15, 0.2) is 0 Å². The van der Waals surface area contributed by atoms with E-state index in [-0.39, 0.29) is 6.04 Å². The smallest absolute Gasteiger partial charge is 0.119 e. The SMILES string of the molecule is CCc1ccsc1C(N)Cc1cc(OC)ccc1Br. The summed E-state index contributed by atoms with van der Waals surface area (Å²) in [6.45, 7) is 2.17. The lowest BCUT2D eigenvalue weighted by Crippen LogP contribution is -2.13. The van der Waals surface area contributed by atoms with Crippen molar-refractivity contribution in [1.82, 2.24) is 0 Å². The van der Waals surface area contributed by atoms with Crippen molar-refractivity contribution in [2.75, 3.05) is 7.11 Å². The molecule has 0 spiro atoms. The number of ether oxygens (including phenoxy) is 1. The van der Waals surface area contributed by atoms with Crippen molar-refractivity contribution in [3.8, 4) is 5.75 Å². The molecule has 2 N–H and O–H groups in total. The van der Waals surface area contributed by atoms with Crippen LogP contribution < -0.4 is 10.5 Å². The minimum absolute atomic E-state index is 0.0401. The summed E-state index contributed by atoms with van der Waals surface area (Å²) in [6, 6.07) is 8.21. The van der Waals surface area contributed by atoms with Crippen molar-refractivity contribution in [3.63, 3.8) is 0 Å². The summed E-state index contributed by atoms with van der Waals surface area (Å²) in [4.78, 5) is 1.29. The van der Waals surface area contributed by atoms with Gasteiger partial charge in [-0.05, 0) is 53.6 Å². The van der Waals surface area contributed by atoms with Gasteiger partial charge < -0.3 is 10.5 Å². The predicted octanol–water partition coefficient (Wildman–Crippen LogP) is 4.32. The van der Waals surface area contributed by atoms with Gasteiger partial charge in [0.2, 0.25) is 0 Å². The average Bonchev–Trinajstić information content (AvgIpc) is 2.89. The van der Waals surface area contributed by atoms with Crippen LogP contribution in [0, 0.1) is 0 Å². The van der Waals surface area contributed by atoms with Crippen LogP contribution in [0.2, 0.25) is 0 Å². The molecule has 19 heavy (non-hydrogen) atoms. The molecule has 0 saturated carbocycles. The van der Waals surface area contributed by atoms with Gasteiger partial charge in [-0.15, -0.1) is 11.3 Å². The van der Waals surface area contributed by atoms with Crippen LogP contribution in [0.5, 0.6) is 5.75 Å². The zero-order valence-corrected chi connectivity index (χ0v) is 13.6. The monoisotopic (exact) mass is 339 g/mol. The van der Waals surface area contributed by atoms with Crippen molar-refractivity contribution < 1.29 is 4.74 Å². The second kappa shape index (κ2) is 6.55. The van der Waals surface area contributed by atoms with E-state index in [4.69, 9.17) is 10.5 Å². The first-order valence-electron chi connectivity index (χ1n) is 6.30. The molecular weight excluding hydrogens is 322 g/mol. The van der Waals surface area contributed by atoms with Crippen molar-refractivity contribution >= 4 is 27.3 Å². The van der Waals surface area contributed by atoms with E-state index in [1.165, 1.54) is 16.0 Å². The zero-order valence-electron chi connectivity index (χ0n) is 11.2. The summed E-state index contributed by atoms with van der Waals surface area (Å²) in [6.07, 6.45) is 1.84. The van der Waals surface area contributed by atoms with Crippen molar-refractivity contribution in [2.24, 2.45) is 5.73 Å². The lowest BCUT2D eigenvalue weighted by molar-refractivity contribution is 0.414. The Labute approximate surface area is 126 Å². The van der Waals surface area contributed by atoms with E-state index in [9.17, 15) is 0 Å². The Bertz CT molecular complexity index is 553. The molecule has 102 valence electrons. The molecule has 0 bridgehead atoms. The van der Waals surface area contributed by atoms with Crippen molar-refractivity contribution in [1.29, 1.82) is 0 Å². The molecule has 0 aliphatic carbocycles. The quantitative estimate of drug-likeness (QED) is 0.880. The number of hydrogen-bond donors (Lipinski definition) is 1. The third-order valence-electron chi connectivity index (χ3n) is 3.19. The number of methoxy groups -OCH3 is 1. The van der Waals surface area contributed by atoms with Crippen LogP contribution in [0.25, 0.3) is 0 Å². The molecule has 1 aromatic carbocycles. The molecule has 1 aromatic heterocycles. The van der Waals surface area contributed by atoms with E-state index in [1.54, 1.807) is 18.4 Å². The topological polar surface area (TPSA) is 35.2 Å². The van der Waals surface area contributed by atoms with E-state index in [0.717, 1.165) is 23.1 Å². The van der Waals surface area contributed by atoms with Crippen LogP contribution >= 0.6 is 27.3 Å². The summed E-state index contributed by atoms with van der Waals surface area (Å²) in [5.74, 6) is 0.868. The van der Waals surface area contributed by atoms with Gasteiger partial charge in [-0.2, -0.15) is 0 Å². The summed E-state index contributed by atoms with van der Waals surface area (Å²) in [5.41, 5.74) is 8.90. The van der Waals surface area contributed by atoms with E-state index >= 15 is 0 Å². The fourth-order valence-electron chi connectivity index (χ4n) is 2.13. The van der Waals surface area contributed by atoms with Crippen LogP contribution in [-0.2, 0) is 12.8 Å². The number of nitrogens with two attached hydrogens (primary N) is 1. The maximum Gasteiger partial charge on any atom is 0.119 e. The van der Waals surface area contributed by atoms with Gasteiger partial charge in [-0.25, -0.2) is 0 Å². The largest absolute Gasteiger partial charge is 0.497 e. The Morgan fingerprint density at radius 2 is 2.11 bits per heavy atom. The standard InChI is InChI=1S/C15H18BrNOS/c1-3-10-6-7-19-15(10)14(17)9-11-8-12(18-2)4-5-13(11)16/h4-8,14H,3,9,17H2,1-2H3. The minimum Gasteiger partial charge on any atom is -0.497 e. The molecule has 0 fully saturated rings. The number of benzene rings is 1. The number of hydrogen-bond acceptors (Lipinski definition) is 3. The van der Waals surface area contributed by atoms with E-state index in [0.29, 0.717) is 0 Å². The van der Waals surface area contributed by atoms with Gasteiger partial charge in [0, 0.05) is 15.4 Å². The van der Waals surface area contributed by atoms with Crippen LogP contribution in [0.4, 0.5) is 0 Å². The molecule has 2 nitrogen and oxygen atoms in total. The van der Waals surface area contributed by atoms with E-state index in [2.05, 4.69) is 34.3 Å². The second-order valence-electron chi connectivity index (χ2n) is 4.43. The highest BCUT2D eigenvalue weighted by molar-refractivity contribution is 9.10. The van der Waals surface area contributed by atoms with Crippen LogP contribution in [0.1, 0.15) is 29.0 Å². The molecule has 4 heteroatoms. The molecular formula is C15H18BrNOS. The first kappa shape index (κ1) is 14.6. The number of thiophene rings is 1. The number of halogens is 1. The third kappa shape index (κ3) is 3.38. The number of rotatable bonds is 5. The molecule has 0 radical (unpaired) electrons. The van der Waals surface area contributed by atoms with Crippen molar-refractivity contribution in [3.05, 3.63) is 50.1 Å². The lowest BCUT2D eigenvalue weighted by Gasteiger charge is -2.14. The van der Waals surface area contributed by atoms with Gasteiger partial charge in [0.05, 0.1) is 7.11 Å². The van der Waals surface area contributed by atoms with Gasteiger partial charge >= 0.3 is 0 Å². The third-order valence-corrected chi connectivity index (χ3v) is 5.06.